The predicted molar refractivity (Wildman–Crippen MR) is 60.9 cm³/mol. The van der Waals surface area contributed by atoms with Gasteiger partial charge >= 0.3 is 6.18 Å². The van der Waals surface area contributed by atoms with Crippen LogP contribution in [0.25, 0.3) is 0 Å². The number of rotatable bonds is 4. The number of ether oxygens (including phenoxy) is 1. The Kier molecular flexibility index (Phi) is 4.84. The smallest absolute Gasteiger partial charge is 0.379 e. The molecule has 0 bridgehead atoms. The Morgan fingerprint density at radius 1 is 1.24 bits per heavy atom. The van der Waals surface area contributed by atoms with Crippen LogP contribution >= 0.6 is 0 Å². The van der Waals surface area contributed by atoms with Crippen LogP contribution < -0.4 is 5.32 Å². The zero-order valence-corrected chi connectivity index (χ0v) is 10.7. The van der Waals surface area contributed by atoms with E-state index in [4.69, 9.17) is 4.74 Å². The van der Waals surface area contributed by atoms with E-state index in [1.807, 2.05) is 13.8 Å². The van der Waals surface area contributed by atoms with E-state index < -0.39 is 12.1 Å². The fraction of sp³-hybridized carbons (Fsp3) is 1.00. The number of piperidine rings is 1. The Morgan fingerprint density at radius 3 is 2.29 bits per heavy atom. The van der Waals surface area contributed by atoms with Gasteiger partial charge in [-0.05, 0) is 39.5 Å². The molecule has 1 aliphatic rings. The molecule has 1 N–H and O–H groups in total. The Labute approximate surface area is 101 Å². The van der Waals surface area contributed by atoms with Gasteiger partial charge < -0.3 is 10.1 Å². The van der Waals surface area contributed by atoms with E-state index in [1.165, 1.54) is 0 Å². The molecule has 1 saturated heterocycles. The molecule has 0 radical (unpaired) electrons. The second-order valence-corrected chi connectivity index (χ2v) is 5.42. The maximum Gasteiger partial charge on any atom is 0.393 e. The highest BCUT2D eigenvalue weighted by Crippen LogP contribution is 2.33. The number of hydrogen-bond acceptors (Lipinski definition) is 2. The van der Waals surface area contributed by atoms with Gasteiger partial charge in [0.05, 0.1) is 11.5 Å². The van der Waals surface area contributed by atoms with Gasteiger partial charge in [-0.15, -0.1) is 0 Å². The Bertz CT molecular complexity index is 232. The molecule has 0 aromatic heterocycles. The van der Waals surface area contributed by atoms with Crippen molar-refractivity contribution in [3.63, 3.8) is 0 Å². The van der Waals surface area contributed by atoms with Crippen LogP contribution in [0.4, 0.5) is 13.2 Å². The minimum atomic E-state index is -4.05. The van der Waals surface area contributed by atoms with Crippen molar-refractivity contribution < 1.29 is 17.9 Å². The van der Waals surface area contributed by atoms with Crippen molar-refractivity contribution in [3.05, 3.63) is 0 Å². The highest BCUT2D eigenvalue weighted by molar-refractivity contribution is 4.83. The molecule has 0 aromatic carbocycles. The Morgan fingerprint density at radius 2 is 1.88 bits per heavy atom. The summed E-state index contributed by atoms with van der Waals surface area (Å²) in [6.45, 7) is 4.05. The number of hydrogen-bond donors (Lipinski definition) is 1. The van der Waals surface area contributed by atoms with Crippen molar-refractivity contribution in [2.75, 3.05) is 13.7 Å². The van der Waals surface area contributed by atoms with E-state index in [2.05, 4.69) is 5.32 Å². The van der Waals surface area contributed by atoms with Gasteiger partial charge in [0.2, 0.25) is 0 Å². The quantitative estimate of drug-likeness (QED) is 0.831. The first-order valence-electron chi connectivity index (χ1n) is 6.10. The van der Waals surface area contributed by atoms with Crippen LogP contribution in [0.3, 0.4) is 0 Å². The minimum Gasteiger partial charge on any atom is -0.379 e. The average Bonchev–Trinajstić information content (AvgIpc) is 2.26. The molecule has 1 rings (SSSR count). The van der Waals surface area contributed by atoms with Gasteiger partial charge in [0.15, 0.2) is 0 Å². The van der Waals surface area contributed by atoms with Crippen LogP contribution in [0.1, 0.15) is 39.5 Å². The van der Waals surface area contributed by atoms with E-state index >= 15 is 0 Å². The van der Waals surface area contributed by atoms with Gasteiger partial charge in [0.25, 0.3) is 0 Å². The summed E-state index contributed by atoms with van der Waals surface area (Å²) in [6.07, 6.45) is -1.48. The lowest BCUT2D eigenvalue weighted by Crippen LogP contribution is -2.44. The van der Waals surface area contributed by atoms with Crippen LogP contribution in [0.15, 0.2) is 0 Å². The van der Waals surface area contributed by atoms with Crippen LogP contribution in [-0.2, 0) is 4.74 Å². The first-order valence-corrected chi connectivity index (χ1v) is 6.10. The summed E-state index contributed by atoms with van der Waals surface area (Å²) in [7, 11) is 1.66. The van der Waals surface area contributed by atoms with Crippen LogP contribution in [0.2, 0.25) is 0 Å². The number of nitrogens with one attached hydrogen (secondary N) is 1. The third kappa shape index (κ3) is 4.84. The van der Waals surface area contributed by atoms with E-state index in [0.717, 1.165) is 12.8 Å². The molecule has 0 spiro atoms. The molecular weight excluding hydrogens is 231 g/mol. The maximum atomic E-state index is 12.4. The van der Waals surface area contributed by atoms with Crippen molar-refractivity contribution in [2.45, 2.75) is 57.3 Å². The third-order valence-electron chi connectivity index (χ3n) is 3.63. The van der Waals surface area contributed by atoms with E-state index in [-0.39, 0.29) is 24.6 Å². The summed E-state index contributed by atoms with van der Waals surface area (Å²) in [5, 5.41) is 3.00. The van der Waals surface area contributed by atoms with Crippen molar-refractivity contribution in [1.29, 1.82) is 0 Å². The minimum absolute atomic E-state index is 0.0571. The predicted octanol–water partition coefficient (Wildman–Crippen LogP) is 3.12. The van der Waals surface area contributed by atoms with Gasteiger partial charge in [-0.1, -0.05) is 0 Å². The normalized spacial score (nSPS) is 27.2. The van der Waals surface area contributed by atoms with Crippen LogP contribution in [0, 0.1) is 5.92 Å². The van der Waals surface area contributed by atoms with Gasteiger partial charge in [-0.3, -0.25) is 0 Å². The molecule has 5 heteroatoms. The molecule has 0 saturated carbocycles. The fourth-order valence-corrected chi connectivity index (χ4v) is 2.07. The van der Waals surface area contributed by atoms with Gasteiger partial charge in [0, 0.05) is 19.7 Å². The second kappa shape index (κ2) is 5.57. The summed E-state index contributed by atoms with van der Waals surface area (Å²) in [4.78, 5) is 0. The maximum absolute atomic E-state index is 12.4. The summed E-state index contributed by atoms with van der Waals surface area (Å²) in [5.41, 5.74) is -0.192. The van der Waals surface area contributed by atoms with E-state index in [1.54, 1.807) is 7.11 Å². The highest BCUT2D eigenvalue weighted by atomic mass is 19.4. The first kappa shape index (κ1) is 14.8. The number of alkyl halides is 3. The first-order chi connectivity index (χ1) is 7.74. The van der Waals surface area contributed by atoms with Crippen molar-refractivity contribution in [3.8, 4) is 0 Å². The molecule has 0 aromatic rings. The standard InChI is InChI=1S/C12H22F3NO/c1-11(2,17-3)7-6-10-5-4-9(8-16-10)12(13,14)15/h9-10,16H,4-8H2,1-3H3. The van der Waals surface area contributed by atoms with E-state index in [0.29, 0.717) is 6.42 Å². The molecule has 0 amide bonds. The molecule has 1 fully saturated rings. The Balaban J connectivity index is 2.29. The fourth-order valence-electron chi connectivity index (χ4n) is 2.07. The van der Waals surface area contributed by atoms with Gasteiger partial charge in [-0.25, -0.2) is 0 Å². The van der Waals surface area contributed by atoms with Crippen molar-refractivity contribution >= 4 is 0 Å². The molecular formula is C12H22F3NO. The SMILES string of the molecule is COC(C)(C)CCC1CCC(C(F)(F)F)CN1. The number of methoxy groups -OCH3 is 1. The lowest BCUT2D eigenvalue weighted by atomic mass is 9.89. The summed E-state index contributed by atoms with van der Waals surface area (Å²) in [6, 6.07) is 0.197. The summed E-state index contributed by atoms with van der Waals surface area (Å²) in [5.74, 6) is -1.17. The van der Waals surface area contributed by atoms with Crippen LogP contribution in [0.5, 0.6) is 0 Å². The lowest BCUT2D eigenvalue weighted by molar-refractivity contribution is -0.179. The number of halogens is 3. The van der Waals surface area contributed by atoms with Gasteiger partial charge in [-0.2, -0.15) is 13.2 Å². The van der Waals surface area contributed by atoms with Crippen molar-refractivity contribution in [2.24, 2.45) is 5.92 Å². The van der Waals surface area contributed by atoms with E-state index in [9.17, 15) is 13.2 Å². The third-order valence-corrected chi connectivity index (χ3v) is 3.63. The lowest BCUT2D eigenvalue weighted by Gasteiger charge is -2.33. The Hall–Kier alpha value is -0.290. The molecule has 1 heterocycles. The van der Waals surface area contributed by atoms with Crippen molar-refractivity contribution in [1.82, 2.24) is 5.32 Å². The topological polar surface area (TPSA) is 21.3 Å². The molecule has 1 aliphatic heterocycles. The zero-order chi connectivity index (χ0) is 13.1. The molecule has 17 heavy (non-hydrogen) atoms. The monoisotopic (exact) mass is 253 g/mol. The molecule has 2 atom stereocenters. The summed E-state index contributed by atoms with van der Waals surface area (Å²) < 4.78 is 42.6. The van der Waals surface area contributed by atoms with Crippen LogP contribution in [-0.4, -0.2) is 31.5 Å². The zero-order valence-electron chi connectivity index (χ0n) is 10.7. The van der Waals surface area contributed by atoms with Gasteiger partial charge in [0.1, 0.15) is 0 Å². The molecule has 2 nitrogen and oxygen atoms in total. The molecule has 2 unspecified atom stereocenters. The average molecular weight is 253 g/mol. The summed E-state index contributed by atoms with van der Waals surface area (Å²) >= 11 is 0. The second-order valence-electron chi connectivity index (χ2n) is 5.42. The largest absolute Gasteiger partial charge is 0.393 e. The molecule has 102 valence electrons. The highest BCUT2D eigenvalue weighted by Gasteiger charge is 2.41. The molecule has 0 aliphatic carbocycles.